The minimum Gasteiger partial charge on any atom is -0.350 e. The van der Waals surface area contributed by atoms with Gasteiger partial charge in [0, 0.05) is 18.0 Å². The highest BCUT2D eigenvalue weighted by Crippen LogP contribution is 2.20. The Morgan fingerprint density at radius 2 is 1.78 bits per heavy atom. The monoisotopic (exact) mass is 341 g/mol. The van der Waals surface area contributed by atoms with Crippen LogP contribution < -0.4 is 16.0 Å². The molecule has 0 aliphatic rings. The summed E-state index contributed by atoms with van der Waals surface area (Å²) in [5, 5.41) is 8.95. The molecule has 0 unspecified atom stereocenters. The van der Waals surface area contributed by atoms with E-state index in [1.165, 1.54) is 0 Å². The third-order valence-corrected chi connectivity index (χ3v) is 3.22. The van der Waals surface area contributed by atoms with Gasteiger partial charge in [-0.05, 0) is 25.6 Å². The molecule has 0 aromatic heterocycles. The molecule has 23 heavy (non-hydrogen) atoms. The molecule has 1 aromatic rings. The van der Waals surface area contributed by atoms with Crippen molar-refractivity contribution in [2.75, 3.05) is 18.4 Å². The first-order valence-corrected chi connectivity index (χ1v) is 7.67. The van der Waals surface area contributed by atoms with Gasteiger partial charge in [0.15, 0.2) is 0 Å². The van der Waals surface area contributed by atoms with Crippen molar-refractivity contribution in [2.24, 2.45) is 5.41 Å². The van der Waals surface area contributed by atoms with Crippen molar-refractivity contribution in [3.63, 3.8) is 0 Å². The number of halogens is 1. The van der Waals surface area contributed by atoms with Gasteiger partial charge in [-0.1, -0.05) is 39.8 Å². The second-order valence-corrected chi connectivity index (χ2v) is 6.42. The number of amides is 2. The minimum atomic E-state index is -0.511. The molecule has 0 saturated heterocycles. The van der Waals surface area contributed by atoms with E-state index in [0.29, 0.717) is 17.8 Å². The van der Waals surface area contributed by atoms with Gasteiger partial charge in [-0.15, -0.1) is 12.4 Å². The van der Waals surface area contributed by atoms with E-state index >= 15 is 0 Å². The van der Waals surface area contributed by atoms with Crippen LogP contribution in [0.1, 0.15) is 45.0 Å². The number of carbonyl (C=O) groups is 2. The predicted octanol–water partition coefficient (Wildman–Crippen LogP) is 2.82. The average molecular weight is 342 g/mol. The van der Waals surface area contributed by atoms with Crippen LogP contribution in [0.25, 0.3) is 0 Å². The van der Waals surface area contributed by atoms with Crippen molar-refractivity contribution in [1.82, 2.24) is 10.6 Å². The summed E-state index contributed by atoms with van der Waals surface area (Å²) >= 11 is 0. The largest absolute Gasteiger partial charge is 0.350 e. The average Bonchev–Trinajstić information content (AvgIpc) is 2.44. The van der Waals surface area contributed by atoms with Gasteiger partial charge in [0.2, 0.25) is 5.91 Å². The molecule has 0 aliphatic carbocycles. The van der Waals surface area contributed by atoms with Crippen LogP contribution in [-0.4, -0.2) is 30.9 Å². The van der Waals surface area contributed by atoms with Gasteiger partial charge in [-0.3, -0.25) is 9.59 Å². The molecule has 130 valence electrons. The fraction of sp³-hybridized carbons (Fsp3) is 0.529. The van der Waals surface area contributed by atoms with Gasteiger partial charge >= 0.3 is 0 Å². The standard InChI is InChI=1S/C17H27N3O2.ClH/c1-6-18-12(2)11-19-15(21)13-9-7-8-10-14(13)20-16(22)17(3,4)5;/h7-10,12,18H,6,11H2,1-5H3,(H,19,21)(H,20,22);1H/t12-;/m1./s1. The van der Waals surface area contributed by atoms with Gasteiger partial charge in [-0.25, -0.2) is 0 Å². The smallest absolute Gasteiger partial charge is 0.253 e. The van der Waals surface area contributed by atoms with Crippen molar-refractivity contribution in [1.29, 1.82) is 0 Å². The van der Waals surface area contributed by atoms with E-state index in [1.807, 2.05) is 34.6 Å². The van der Waals surface area contributed by atoms with Gasteiger partial charge in [0.1, 0.15) is 0 Å². The molecule has 0 spiro atoms. The Balaban J connectivity index is 0.00000484. The molecule has 0 aliphatic heterocycles. The van der Waals surface area contributed by atoms with Crippen LogP contribution in [0.2, 0.25) is 0 Å². The number of para-hydroxylation sites is 1. The third-order valence-electron chi connectivity index (χ3n) is 3.22. The lowest BCUT2D eigenvalue weighted by Crippen LogP contribution is -2.39. The quantitative estimate of drug-likeness (QED) is 0.745. The summed E-state index contributed by atoms with van der Waals surface area (Å²) in [6, 6.07) is 7.24. The van der Waals surface area contributed by atoms with Gasteiger partial charge in [0.05, 0.1) is 11.3 Å². The molecule has 1 rings (SSSR count). The van der Waals surface area contributed by atoms with Crippen LogP contribution in [0.5, 0.6) is 0 Å². The van der Waals surface area contributed by atoms with Crippen molar-refractivity contribution in [3.8, 4) is 0 Å². The molecule has 6 heteroatoms. The lowest BCUT2D eigenvalue weighted by atomic mass is 9.95. The van der Waals surface area contributed by atoms with Crippen molar-refractivity contribution in [3.05, 3.63) is 29.8 Å². The number of likely N-dealkylation sites (N-methyl/N-ethyl adjacent to an activating group) is 1. The SMILES string of the molecule is CCN[C@H](C)CNC(=O)c1ccccc1NC(=O)C(C)(C)C.Cl. The molecule has 1 aromatic carbocycles. The Kier molecular flexibility index (Phi) is 8.87. The fourth-order valence-corrected chi connectivity index (χ4v) is 1.86. The highest BCUT2D eigenvalue weighted by atomic mass is 35.5. The lowest BCUT2D eigenvalue weighted by Gasteiger charge is -2.19. The van der Waals surface area contributed by atoms with Crippen LogP contribution in [0.4, 0.5) is 5.69 Å². The number of nitrogens with one attached hydrogen (secondary N) is 3. The van der Waals surface area contributed by atoms with Gasteiger partial charge in [-0.2, -0.15) is 0 Å². The Morgan fingerprint density at radius 3 is 2.35 bits per heavy atom. The van der Waals surface area contributed by atoms with E-state index in [0.717, 1.165) is 6.54 Å². The van der Waals surface area contributed by atoms with E-state index in [1.54, 1.807) is 24.3 Å². The zero-order valence-electron chi connectivity index (χ0n) is 14.5. The molecule has 0 saturated carbocycles. The molecule has 0 fully saturated rings. The summed E-state index contributed by atoms with van der Waals surface area (Å²) in [5.41, 5.74) is 0.503. The fourth-order valence-electron chi connectivity index (χ4n) is 1.86. The maximum atomic E-state index is 12.3. The van der Waals surface area contributed by atoms with Crippen LogP contribution in [0.3, 0.4) is 0 Å². The summed E-state index contributed by atoms with van der Waals surface area (Å²) in [7, 11) is 0. The summed E-state index contributed by atoms with van der Waals surface area (Å²) in [6.07, 6.45) is 0. The first-order chi connectivity index (χ1) is 10.3. The minimum absolute atomic E-state index is 0. The second kappa shape index (κ2) is 9.53. The van der Waals surface area contributed by atoms with E-state index in [4.69, 9.17) is 0 Å². The van der Waals surface area contributed by atoms with Gasteiger partial charge < -0.3 is 16.0 Å². The number of hydrogen-bond donors (Lipinski definition) is 3. The van der Waals surface area contributed by atoms with Crippen molar-refractivity contribution < 1.29 is 9.59 Å². The maximum Gasteiger partial charge on any atom is 0.253 e. The van der Waals surface area contributed by atoms with E-state index in [-0.39, 0.29) is 30.3 Å². The lowest BCUT2D eigenvalue weighted by molar-refractivity contribution is -0.123. The van der Waals surface area contributed by atoms with E-state index in [2.05, 4.69) is 16.0 Å². The zero-order chi connectivity index (χ0) is 16.8. The van der Waals surface area contributed by atoms with Crippen LogP contribution in [0, 0.1) is 5.41 Å². The first kappa shape index (κ1) is 21.4. The second-order valence-electron chi connectivity index (χ2n) is 6.42. The summed E-state index contributed by atoms with van der Waals surface area (Å²) in [6.45, 7) is 10.9. The number of carbonyl (C=O) groups excluding carboxylic acids is 2. The van der Waals surface area contributed by atoms with Crippen LogP contribution in [-0.2, 0) is 4.79 Å². The number of rotatable bonds is 6. The molecule has 0 bridgehead atoms. The van der Waals surface area contributed by atoms with Crippen molar-refractivity contribution in [2.45, 2.75) is 40.7 Å². The van der Waals surface area contributed by atoms with Gasteiger partial charge in [0.25, 0.3) is 5.91 Å². The van der Waals surface area contributed by atoms with Crippen molar-refractivity contribution >= 4 is 29.9 Å². The normalized spacial score (nSPS) is 12.0. The number of hydrogen-bond acceptors (Lipinski definition) is 3. The third kappa shape index (κ3) is 7.01. The predicted molar refractivity (Wildman–Crippen MR) is 97.2 cm³/mol. The number of anilines is 1. The maximum absolute atomic E-state index is 12.3. The van der Waals surface area contributed by atoms with Crippen LogP contribution in [0.15, 0.2) is 24.3 Å². The highest BCUT2D eigenvalue weighted by Gasteiger charge is 2.23. The Labute approximate surface area is 145 Å². The Hall–Kier alpha value is -1.59. The molecule has 5 nitrogen and oxygen atoms in total. The molecule has 0 heterocycles. The summed E-state index contributed by atoms with van der Waals surface area (Å²) < 4.78 is 0. The molecular weight excluding hydrogens is 314 g/mol. The summed E-state index contributed by atoms with van der Waals surface area (Å²) in [5.74, 6) is -0.302. The Bertz CT molecular complexity index is 527. The van der Waals surface area contributed by atoms with Crippen LogP contribution >= 0.6 is 12.4 Å². The zero-order valence-corrected chi connectivity index (χ0v) is 15.3. The number of benzene rings is 1. The topological polar surface area (TPSA) is 70.2 Å². The molecular formula is C17H28ClN3O2. The first-order valence-electron chi connectivity index (χ1n) is 7.67. The summed E-state index contributed by atoms with van der Waals surface area (Å²) in [4.78, 5) is 24.4. The molecule has 0 radical (unpaired) electrons. The molecule has 2 amide bonds. The van der Waals surface area contributed by atoms with E-state index < -0.39 is 5.41 Å². The van der Waals surface area contributed by atoms with E-state index in [9.17, 15) is 9.59 Å². The highest BCUT2D eigenvalue weighted by molar-refractivity contribution is 6.04. The molecule has 1 atom stereocenters. The Morgan fingerprint density at radius 1 is 1.17 bits per heavy atom. The molecule has 3 N–H and O–H groups in total.